The minimum Gasteiger partial charge on any atom is -0.372 e. The summed E-state index contributed by atoms with van der Waals surface area (Å²) >= 11 is 0. The summed E-state index contributed by atoms with van der Waals surface area (Å²) in [5.74, 6) is 0.566. The predicted molar refractivity (Wildman–Crippen MR) is 128 cm³/mol. The maximum absolute atomic E-state index is 12.6. The molecule has 31 heavy (non-hydrogen) atoms. The maximum Gasteiger partial charge on any atom is 0.267 e. The van der Waals surface area contributed by atoms with Crippen LogP contribution in [0.1, 0.15) is 42.6 Å². The minimum absolute atomic E-state index is 0.0119. The van der Waals surface area contributed by atoms with Gasteiger partial charge >= 0.3 is 0 Å². The van der Waals surface area contributed by atoms with E-state index in [0.717, 1.165) is 56.5 Å². The number of amides is 1. The number of aromatic amines is 1. The molecule has 2 aromatic carbocycles. The molecule has 2 aliphatic rings. The summed E-state index contributed by atoms with van der Waals surface area (Å²) in [5.41, 5.74) is 5.35. The van der Waals surface area contributed by atoms with Crippen molar-refractivity contribution in [2.45, 2.75) is 32.1 Å². The fraction of sp³-hybridized carbons (Fsp3) is 0.423. The maximum atomic E-state index is 12.6. The van der Waals surface area contributed by atoms with Crippen LogP contribution in [0.25, 0.3) is 22.0 Å². The van der Waals surface area contributed by atoms with Crippen molar-refractivity contribution in [1.29, 1.82) is 0 Å². The van der Waals surface area contributed by atoms with Crippen LogP contribution in [-0.2, 0) is 0 Å². The highest BCUT2D eigenvalue weighted by atomic mass is 16.1. The Balaban J connectivity index is 1.28. The average Bonchev–Trinajstić information content (AvgIpc) is 3.27. The Morgan fingerprint density at radius 2 is 1.68 bits per heavy atom. The molecule has 5 heteroatoms. The topological polar surface area (TPSA) is 60.2 Å². The lowest BCUT2D eigenvalue weighted by molar-refractivity contribution is 0.0940. The van der Waals surface area contributed by atoms with Gasteiger partial charge in [-0.1, -0.05) is 18.2 Å². The number of anilines is 1. The molecular formula is C26H32N4O. The van der Waals surface area contributed by atoms with Crippen molar-refractivity contribution in [2.24, 2.45) is 5.92 Å². The number of rotatable bonds is 5. The molecule has 1 amide bonds. The van der Waals surface area contributed by atoms with Crippen molar-refractivity contribution < 1.29 is 4.79 Å². The molecule has 2 saturated heterocycles. The molecule has 3 aromatic rings. The number of aromatic nitrogens is 1. The number of fused-ring (bicyclic) bond motifs is 1. The Kier molecular flexibility index (Phi) is 5.94. The lowest BCUT2D eigenvalue weighted by Gasteiger charge is -2.28. The van der Waals surface area contributed by atoms with Gasteiger partial charge in [0, 0.05) is 36.2 Å². The second kappa shape index (κ2) is 9.15. The molecule has 2 fully saturated rings. The fourth-order valence-corrected chi connectivity index (χ4v) is 4.87. The van der Waals surface area contributed by atoms with Crippen LogP contribution in [-0.4, -0.2) is 43.6 Å². The van der Waals surface area contributed by atoms with E-state index >= 15 is 0 Å². The van der Waals surface area contributed by atoms with Crippen LogP contribution < -0.4 is 15.5 Å². The number of nitrogens with one attached hydrogen (secondary N) is 3. The first kappa shape index (κ1) is 20.1. The molecule has 3 N–H and O–H groups in total. The van der Waals surface area contributed by atoms with Crippen LogP contribution >= 0.6 is 0 Å². The average molecular weight is 417 g/mol. The molecule has 5 rings (SSSR count). The molecule has 0 bridgehead atoms. The number of carbonyl (C=O) groups is 1. The first-order valence-corrected chi connectivity index (χ1v) is 11.7. The second-order valence-corrected chi connectivity index (χ2v) is 8.98. The van der Waals surface area contributed by atoms with Crippen molar-refractivity contribution in [3.05, 3.63) is 54.2 Å². The van der Waals surface area contributed by atoms with Crippen LogP contribution in [0, 0.1) is 5.92 Å². The van der Waals surface area contributed by atoms with E-state index in [1.807, 2.05) is 6.07 Å². The zero-order valence-electron chi connectivity index (χ0n) is 18.1. The molecule has 162 valence electrons. The highest BCUT2D eigenvalue weighted by molar-refractivity contribution is 5.98. The van der Waals surface area contributed by atoms with Crippen molar-refractivity contribution in [3.8, 4) is 11.1 Å². The van der Waals surface area contributed by atoms with Gasteiger partial charge in [0.1, 0.15) is 5.69 Å². The Hall–Kier alpha value is -2.79. The number of hydrogen-bond acceptors (Lipinski definition) is 3. The summed E-state index contributed by atoms with van der Waals surface area (Å²) in [6, 6.07) is 17.3. The zero-order chi connectivity index (χ0) is 21.0. The Morgan fingerprint density at radius 1 is 0.935 bits per heavy atom. The van der Waals surface area contributed by atoms with Crippen LogP contribution in [0.15, 0.2) is 48.5 Å². The van der Waals surface area contributed by atoms with Gasteiger partial charge in [0.05, 0.1) is 0 Å². The Bertz CT molecular complexity index is 1030. The standard InChI is InChI=1S/C26H32N4O/c31-26(28-18-19-10-12-27-13-11-19)25-17-22-16-21(6-9-24(22)29-25)20-4-7-23(8-5-20)30-14-2-1-3-15-30/h4-9,16-17,19,27,29H,1-3,10-15,18H2,(H,28,31). The van der Waals surface area contributed by atoms with Gasteiger partial charge in [-0.05, 0) is 92.6 Å². The van der Waals surface area contributed by atoms with Crippen LogP contribution in [0.4, 0.5) is 5.69 Å². The number of nitrogens with zero attached hydrogens (tertiary/aromatic N) is 1. The van der Waals surface area contributed by atoms with E-state index < -0.39 is 0 Å². The molecule has 5 nitrogen and oxygen atoms in total. The Labute approximate surface area is 184 Å². The van der Waals surface area contributed by atoms with E-state index in [1.54, 1.807) is 0 Å². The van der Waals surface area contributed by atoms with Gasteiger partial charge in [0.2, 0.25) is 0 Å². The predicted octanol–water partition coefficient (Wildman–Crippen LogP) is 4.55. The van der Waals surface area contributed by atoms with Crippen LogP contribution in [0.2, 0.25) is 0 Å². The number of piperidine rings is 2. The van der Waals surface area contributed by atoms with Gasteiger partial charge < -0.3 is 20.5 Å². The molecule has 3 heterocycles. The quantitative estimate of drug-likeness (QED) is 0.572. The summed E-state index contributed by atoms with van der Waals surface area (Å²) in [5, 5.41) is 7.55. The molecule has 0 saturated carbocycles. The smallest absolute Gasteiger partial charge is 0.267 e. The third-order valence-electron chi connectivity index (χ3n) is 6.80. The summed E-state index contributed by atoms with van der Waals surface area (Å²) in [6.07, 6.45) is 6.20. The number of carbonyl (C=O) groups excluding carboxylic acids is 1. The van der Waals surface area contributed by atoms with Crippen LogP contribution in [0.5, 0.6) is 0 Å². The highest BCUT2D eigenvalue weighted by Gasteiger charge is 2.16. The first-order valence-electron chi connectivity index (χ1n) is 11.7. The van der Waals surface area contributed by atoms with Crippen molar-refractivity contribution in [1.82, 2.24) is 15.6 Å². The van der Waals surface area contributed by atoms with E-state index in [-0.39, 0.29) is 5.91 Å². The normalized spacial score (nSPS) is 17.7. The van der Waals surface area contributed by atoms with E-state index in [9.17, 15) is 4.79 Å². The molecule has 0 atom stereocenters. The van der Waals surface area contributed by atoms with Gasteiger partial charge in [-0.2, -0.15) is 0 Å². The largest absolute Gasteiger partial charge is 0.372 e. The van der Waals surface area contributed by atoms with Gasteiger partial charge in [-0.15, -0.1) is 0 Å². The lowest BCUT2D eigenvalue weighted by Crippen LogP contribution is -2.36. The molecule has 1 aromatic heterocycles. The highest BCUT2D eigenvalue weighted by Crippen LogP contribution is 2.28. The van der Waals surface area contributed by atoms with Gasteiger partial charge in [-0.3, -0.25) is 4.79 Å². The van der Waals surface area contributed by atoms with Gasteiger partial charge in [0.15, 0.2) is 0 Å². The monoisotopic (exact) mass is 416 g/mol. The molecule has 2 aliphatic heterocycles. The Morgan fingerprint density at radius 3 is 2.45 bits per heavy atom. The minimum atomic E-state index is -0.0119. The number of H-pyrrole nitrogens is 1. The molecular weight excluding hydrogens is 384 g/mol. The van der Waals surface area contributed by atoms with Crippen molar-refractivity contribution in [2.75, 3.05) is 37.6 Å². The lowest BCUT2D eigenvalue weighted by atomic mass is 9.98. The number of hydrogen-bond donors (Lipinski definition) is 3. The molecule has 0 unspecified atom stereocenters. The fourth-order valence-electron chi connectivity index (χ4n) is 4.87. The van der Waals surface area contributed by atoms with Gasteiger partial charge in [-0.25, -0.2) is 0 Å². The third-order valence-corrected chi connectivity index (χ3v) is 6.80. The van der Waals surface area contributed by atoms with E-state index in [4.69, 9.17) is 0 Å². The molecule has 0 radical (unpaired) electrons. The summed E-state index contributed by atoms with van der Waals surface area (Å²) < 4.78 is 0. The van der Waals surface area contributed by atoms with Crippen LogP contribution in [0.3, 0.4) is 0 Å². The van der Waals surface area contributed by atoms with Gasteiger partial charge in [0.25, 0.3) is 5.91 Å². The van der Waals surface area contributed by atoms with Crippen molar-refractivity contribution in [3.63, 3.8) is 0 Å². The van der Waals surface area contributed by atoms with Crippen molar-refractivity contribution >= 4 is 22.5 Å². The summed E-state index contributed by atoms with van der Waals surface area (Å²) in [4.78, 5) is 18.4. The molecule has 0 spiro atoms. The molecule has 0 aliphatic carbocycles. The van der Waals surface area contributed by atoms with E-state index in [2.05, 4.69) is 63.0 Å². The third kappa shape index (κ3) is 4.62. The summed E-state index contributed by atoms with van der Waals surface area (Å²) in [6.45, 7) is 5.18. The number of benzene rings is 2. The summed E-state index contributed by atoms with van der Waals surface area (Å²) in [7, 11) is 0. The SMILES string of the molecule is O=C(NCC1CCNCC1)c1cc2cc(-c3ccc(N4CCCCC4)cc3)ccc2[nH]1. The van der Waals surface area contributed by atoms with E-state index in [0.29, 0.717) is 11.6 Å². The zero-order valence-corrected chi connectivity index (χ0v) is 18.1. The second-order valence-electron chi connectivity index (χ2n) is 8.98. The van der Waals surface area contributed by atoms with E-state index in [1.165, 1.54) is 36.1 Å². The first-order chi connectivity index (χ1) is 15.3.